The molecule has 494 valence electrons. The van der Waals surface area contributed by atoms with Gasteiger partial charge in [-0.15, -0.1) is 20.4 Å². The fraction of sp³-hybridized carbons (Fsp3) is 0.343. The van der Waals surface area contributed by atoms with Crippen LogP contribution in [0.3, 0.4) is 0 Å². The number of phenols is 4. The number of nitrogens with one attached hydrogen (secondary N) is 1. The summed E-state index contributed by atoms with van der Waals surface area (Å²) < 4.78 is 41.7. The molecule has 8 N–H and O–H groups in total. The van der Waals surface area contributed by atoms with Crippen LogP contribution in [0.2, 0.25) is 0 Å². The van der Waals surface area contributed by atoms with Crippen molar-refractivity contribution in [1.82, 2.24) is 53.8 Å². The molecule has 5 heterocycles. The third kappa shape index (κ3) is 15.1. The molecule has 0 bridgehead atoms. The van der Waals surface area contributed by atoms with E-state index >= 15 is 0 Å². The summed E-state index contributed by atoms with van der Waals surface area (Å²) in [6, 6.07) is 33.3. The monoisotopic (exact) mass is 1290 g/mol. The second-order valence-electron chi connectivity index (χ2n) is 23.8. The highest BCUT2D eigenvalue weighted by Crippen LogP contribution is 2.42. The lowest BCUT2D eigenvalue weighted by Crippen LogP contribution is -2.32. The number of piperidine rings is 1. The molecule has 22 nitrogen and oxygen atoms in total. The molecule has 24 heteroatoms. The van der Waals surface area contributed by atoms with E-state index in [1.165, 1.54) is 53.4 Å². The highest BCUT2D eigenvalue weighted by molar-refractivity contribution is 5.91. The number of fused-ring (bicyclic) bond motifs is 1. The average Bonchev–Trinajstić information content (AvgIpc) is 1.61. The number of H-pyrrole nitrogens is 1. The summed E-state index contributed by atoms with van der Waals surface area (Å²) in [5, 5.41) is 75.0. The van der Waals surface area contributed by atoms with E-state index in [0.717, 1.165) is 72.1 Å². The van der Waals surface area contributed by atoms with Crippen LogP contribution in [0.1, 0.15) is 155 Å². The first kappa shape index (κ1) is 68.0. The zero-order chi connectivity index (χ0) is 67.7. The van der Waals surface area contributed by atoms with E-state index in [4.69, 9.17) is 10.5 Å². The van der Waals surface area contributed by atoms with Crippen molar-refractivity contribution in [3.05, 3.63) is 166 Å². The highest BCUT2D eigenvalue weighted by atomic mass is 19.3. The van der Waals surface area contributed by atoms with Crippen LogP contribution < -0.4 is 20.9 Å². The van der Waals surface area contributed by atoms with Gasteiger partial charge in [0.15, 0.2) is 17.5 Å². The number of hydrogen-bond acceptors (Lipinski definition) is 15. The van der Waals surface area contributed by atoms with Crippen LogP contribution in [-0.4, -0.2) is 118 Å². The van der Waals surface area contributed by atoms with Gasteiger partial charge in [0, 0.05) is 59.8 Å². The maximum atomic E-state index is 12.8. The molecule has 1 aliphatic heterocycles. The molecule has 0 unspecified atom stereocenters. The van der Waals surface area contributed by atoms with E-state index < -0.39 is 24.2 Å². The summed E-state index contributed by atoms with van der Waals surface area (Å²) in [7, 11) is 3.52. The summed E-state index contributed by atoms with van der Waals surface area (Å²) in [4.78, 5) is 38.8. The van der Waals surface area contributed by atoms with Crippen molar-refractivity contribution in [1.29, 1.82) is 0 Å². The quantitative estimate of drug-likeness (QED) is 0.0473. The molecule has 6 aromatic carbocycles. The predicted molar refractivity (Wildman–Crippen MR) is 354 cm³/mol. The molecule has 0 atom stereocenters. The van der Waals surface area contributed by atoms with Gasteiger partial charge in [0.05, 0.1) is 23.9 Å². The first-order valence-electron chi connectivity index (χ1n) is 31.4. The van der Waals surface area contributed by atoms with E-state index in [1.54, 1.807) is 48.1 Å². The molecule has 1 saturated carbocycles. The number of aromatic carboxylic acids is 1. The normalized spacial score (nSPS) is 13.7. The molecule has 1 aliphatic carbocycles. The third-order valence-electron chi connectivity index (χ3n) is 16.9. The van der Waals surface area contributed by atoms with Crippen molar-refractivity contribution >= 4 is 22.8 Å². The van der Waals surface area contributed by atoms with E-state index in [1.807, 2.05) is 120 Å². The molecule has 10 aromatic rings. The Morgan fingerprint density at radius 3 is 1.88 bits per heavy atom. The van der Waals surface area contributed by atoms with Crippen molar-refractivity contribution in [3.8, 4) is 85.7 Å². The zero-order valence-corrected chi connectivity index (χ0v) is 54.1. The Morgan fingerprint density at radius 1 is 0.660 bits per heavy atom. The number of nitrogens with two attached hydrogens (primary N) is 1. The lowest BCUT2D eigenvalue weighted by atomic mass is 9.83. The van der Waals surface area contributed by atoms with Crippen molar-refractivity contribution < 1.29 is 53.4 Å². The predicted octanol–water partition coefficient (Wildman–Crippen LogP) is 13.4. The molecule has 1 saturated heterocycles. The fourth-order valence-electron chi connectivity index (χ4n) is 11.9. The van der Waals surface area contributed by atoms with Crippen LogP contribution >= 0.6 is 0 Å². The van der Waals surface area contributed by atoms with Crippen LogP contribution in [0, 0.1) is 5.92 Å². The van der Waals surface area contributed by atoms with Crippen LogP contribution in [0.15, 0.2) is 126 Å². The Hall–Kier alpha value is -10.4. The Bertz CT molecular complexity index is 4330. The number of amides is 1. The van der Waals surface area contributed by atoms with E-state index in [0.29, 0.717) is 57.0 Å². The zero-order valence-electron chi connectivity index (χ0n) is 54.1. The molecule has 2 aliphatic rings. The Balaban J connectivity index is 0.000000164. The number of aromatic hydroxyl groups is 4. The number of phenolic OH excluding ortho intramolecular Hbond substituents is 4. The number of halogens is 2. The van der Waals surface area contributed by atoms with Gasteiger partial charge in [-0.05, 0) is 176 Å². The van der Waals surface area contributed by atoms with Gasteiger partial charge < -0.3 is 45.3 Å². The average molecular weight is 1290 g/mol. The SMILES string of the molecule is CC.CC(C)c1cc(-c2n[nH]c(=O)n2-c2ccc3c(ccn3C)c2)c(O)cc1OC(F)F.CC1CCN(Cc2ccc(-n3c(C(=O)O)nnc3-c3cc(C(C)C)c(O)cc3O)cc2)CC1.COc1ccc(-n2c(C(N)=O)nnc2-c2ccc(O)c(C3CCCCC3)c2)cc1. The lowest BCUT2D eigenvalue weighted by molar-refractivity contribution is -0.0506. The number of aromatic amines is 1. The number of benzene rings is 6. The van der Waals surface area contributed by atoms with E-state index in [2.05, 4.69) is 47.2 Å². The van der Waals surface area contributed by atoms with Gasteiger partial charge in [-0.1, -0.05) is 79.9 Å². The molecule has 12 rings (SSSR count). The van der Waals surface area contributed by atoms with Gasteiger partial charge in [0.25, 0.3) is 5.91 Å². The van der Waals surface area contributed by atoms with Crippen LogP contribution in [0.5, 0.6) is 34.5 Å². The molecule has 94 heavy (non-hydrogen) atoms. The van der Waals surface area contributed by atoms with Gasteiger partial charge in [0.2, 0.25) is 11.6 Å². The number of rotatable bonds is 16. The van der Waals surface area contributed by atoms with Crippen molar-refractivity contribution in [3.63, 3.8) is 0 Å². The smallest absolute Gasteiger partial charge is 0.387 e. The molecular formula is C70H80F2N12O10. The van der Waals surface area contributed by atoms with Gasteiger partial charge in [-0.25, -0.2) is 19.3 Å². The van der Waals surface area contributed by atoms with Gasteiger partial charge >= 0.3 is 18.3 Å². The Morgan fingerprint density at radius 2 is 1.26 bits per heavy atom. The minimum Gasteiger partial charge on any atom is -0.508 e. The lowest BCUT2D eigenvalue weighted by Gasteiger charge is -2.30. The summed E-state index contributed by atoms with van der Waals surface area (Å²) in [5.41, 5.74) is 12.4. The Labute approximate surface area is 542 Å². The van der Waals surface area contributed by atoms with Gasteiger partial charge in [-0.3, -0.25) is 18.8 Å². The number of ether oxygens (including phenoxy) is 2. The summed E-state index contributed by atoms with van der Waals surface area (Å²) in [6.45, 7) is 13.8. The molecule has 1 amide bonds. The number of carboxylic acid groups (broad SMARTS) is 1. The maximum Gasteiger partial charge on any atom is 0.387 e. The standard InChI is InChI=1S/C25H30N4O4.C22H24N4O3.C21H20F2N4O3.C2H6/c1-15(2)19-12-20(22(31)13-21(19)30)23-26-27-24(25(32)33)29(23)18-6-4-17(5-7-18)14-28-10-8-16(3)9-11-28;1-29-17-10-8-16(9-11-17)26-21(24-25-22(26)20(23)28)15-7-12-19(27)18(13-15)14-5-3-2-4-6-14;1-11(2)14-9-15(17(28)10-18(14)30-20(22)23)19-24-25-21(29)27(19)13-4-5-16-12(8-13)6-7-26(16)3;1-2/h4-7,12-13,15-16,30-31H,8-11,14H2,1-3H3,(H,32,33);7-14,27H,2-6H2,1H3,(H2,23,28);4-11,20,28H,1-3H3,(H,25,29);1-2H3. The number of carbonyl (C=O) groups excluding carboxylic acids is 1. The molecule has 0 spiro atoms. The molecule has 4 aromatic heterocycles. The first-order valence-corrected chi connectivity index (χ1v) is 31.4. The molecular weight excluding hydrogens is 1210 g/mol. The van der Waals surface area contributed by atoms with Crippen molar-refractivity contribution in [2.24, 2.45) is 18.7 Å². The van der Waals surface area contributed by atoms with Crippen molar-refractivity contribution in [2.45, 2.75) is 124 Å². The number of nitrogens with zero attached hydrogens (tertiary/aromatic N) is 10. The third-order valence-corrected chi connectivity index (χ3v) is 16.9. The topological polar surface area (TPSA) is 300 Å². The summed E-state index contributed by atoms with van der Waals surface area (Å²) in [5.74, 6) is 0.0674. The van der Waals surface area contributed by atoms with Crippen LogP contribution in [0.4, 0.5) is 8.78 Å². The Kier molecular flexibility index (Phi) is 21.7. The van der Waals surface area contributed by atoms with E-state index in [9.17, 15) is 48.7 Å². The molecule has 0 radical (unpaired) electrons. The van der Waals surface area contributed by atoms with Gasteiger partial charge in [0.1, 0.15) is 34.5 Å². The largest absolute Gasteiger partial charge is 0.508 e. The number of hydrogen-bond donors (Lipinski definition) is 7. The number of carboxylic acids is 1. The number of alkyl halides is 2. The van der Waals surface area contributed by atoms with Crippen LogP contribution in [-0.2, 0) is 13.6 Å². The fourth-order valence-corrected chi connectivity index (χ4v) is 11.9. The van der Waals surface area contributed by atoms with Crippen molar-refractivity contribution in [2.75, 3.05) is 20.2 Å². The van der Waals surface area contributed by atoms with E-state index in [-0.39, 0.29) is 63.7 Å². The second kappa shape index (κ2) is 29.9. The number of methoxy groups -OCH3 is 1. The minimum absolute atomic E-state index is 0.00303. The first-order chi connectivity index (χ1) is 45.1. The molecule has 2 fully saturated rings. The highest BCUT2D eigenvalue weighted by Gasteiger charge is 2.28. The number of carbonyl (C=O) groups is 2. The number of aromatic nitrogens is 10. The number of likely N-dealkylation sites (tertiary alicyclic amines) is 1. The summed E-state index contributed by atoms with van der Waals surface area (Å²) >= 11 is 0. The number of primary amides is 1. The van der Waals surface area contributed by atoms with Crippen LogP contribution in [0.25, 0.3) is 62.1 Å². The number of aryl methyl sites for hydroxylation is 1. The minimum atomic E-state index is -3.02. The second-order valence-corrected chi connectivity index (χ2v) is 23.8. The maximum absolute atomic E-state index is 12.8. The summed E-state index contributed by atoms with van der Waals surface area (Å²) in [6.07, 6.45) is 10.0. The van der Waals surface area contributed by atoms with Gasteiger partial charge in [-0.2, -0.15) is 13.9 Å².